The molecule has 1 aromatic heterocycles. The first-order chi connectivity index (χ1) is 16.2. The summed E-state index contributed by atoms with van der Waals surface area (Å²) in [4.78, 5) is 13.0. The normalized spacial score (nSPS) is 45.2. The molecule has 5 saturated carbocycles. The monoisotopic (exact) mass is 469 g/mol. The van der Waals surface area contributed by atoms with E-state index in [-0.39, 0.29) is 0 Å². The molecule has 0 saturated heterocycles. The molecule has 2 N–H and O–H groups in total. The number of pyridine rings is 1. The van der Waals surface area contributed by atoms with Crippen LogP contribution in [0.2, 0.25) is 0 Å². The highest BCUT2D eigenvalue weighted by Gasteiger charge is 2.86. The van der Waals surface area contributed by atoms with E-state index in [4.69, 9.17) is 4.84 Å². The maximum atomic E-state index is 5.67. The summed E-state index contributed by atoms with van der Waals surface area (Å²) in [5, 5.41) is 0.934. The highest BCUT2D eigenvalue weighted by Crippen LogP contribution is 2.92. The fraction of sp³-hybridized carbons (Fsp3) is 0.821. The molecule has 5 aliphatic carbocycles. The first-order valence-electron chi connectivity index (χ1n) is 13.9. The summed E-state index contributed by atoms with van der Waals surface area (Å²) in [5.74, 6) is 5.14. The molecule has 0 aromatic carbocycles. The quantitative estimate of drug-likeness (QED) is 0.233. The summed E-state index contributed by atoms with van der Waals surface area (Å²) in [7, 11) is 0. The van der Waals surface area contributed by atoms with Crippen LogP contribution >= 0.6 is 11.9 Å². The third kappa shape index (κ3) is 3.32. The Bertz CT molecular complexity index is 838. The third-order valence-electron chi connectivity index (χ3n) is 11.6. The number of nitrogens with zero attached hydrogens (tertiary/aromatic N) is 1. The van der Waals surface area contributed by atoms with Gasteiger partial charge in [0.2, 0.25) is 0 Å². The standard InChI is InChI=1S/C28H43N3OS/c1-3-20-19-28-23-13-12-21(9-8-18-32-30-31-33-25-11-5-7-17-29-25)26(23,2)16-14-24(28)27(28)15-6-4-10-22(20)27/h5,7,11,17,20-24,30-31H,3-4,6,8-10,12-16,18-19H2,1-2H3/t20-,21?,22?,23?,24?,26?,27?,28?/m0/s1. The van der Waals surface area contributed by atoms with Crippen molar-refractivity contribution in [2.24, 2.45) is 45.8 Å². The molecular formula is C28H43N3OS. The van der Waals surface area contributed by atoms with Crippen molar-refractivity contribution in [3.05, 3.63) is 24.4 Å². The molecule has 0 aliphatic heterocycles. The lowest BCUT2D eigenvalue weighted by molar-refractivity contribution is 0.00876. The van der Waals surface area contributed by atoms with Crippen molar-refractivity contribution >= 4 is 11.9 Å². The highest BCUT2D eigenvalue weighted by molar-refractivity contribution is 7.97. The van der Waals surface area contributed by atoms with Crippen molar-refractivity contribution in [3.63, 3.8) is 0 Å². The molecule has 0 bridgehead atoms. The van der Waals surface area contributed by atoms with Gasteiger partial charge >= 0.3 is 0 Å². The maximum absolute atomic E-state index is 5.67. The lowest BCUT2D eigenvalue weighted by atomic mass is 9.59. The van der Waals surface area contributed by atoms with Crippen LogP contribution in [0.1, 0.15) is 90.9 Å². The summed E-state index contributed by atoms with van der Waals surface area (Å²) < 4.78 is 0. The van der Waals surface area contributed by atoms with Gasteiger partial charge in [-0.25, -0.2) is 4.98 Å². The SMILES string of the molecule is CC[C@H]1CC23C4CCC(CCCONNSc5ccccn5)C4(C)CCC2C32CCCCC12. The Morgan fingerprint density at radius 1 is 1.09 bits per heavy atom. The van der Waals surface area contributed by atoms with Crippen molar-refractivity contribution in [3.8, 4) is 0 Å². The van der Waals surface area contributed by atoms with E-state index < -0.39 is 0 Å². The van der Waals surface area contributed by atoms with Gasteiger partial charge in [-0.2, -0.15) is 4.83 Å². The van der Waals surface area contributed by atoms with Crippen LogP contribution in [0.15, 0.2) is 29.4 Å². The largest absolute Gasteiger partial charge is 0.286 e. The van der Waals surface area contributed by atoms with Gasteiger partial charge in [-0.1, -0.05) is 39.2 Å². The molecule has 1 heterocycles. The lowest BCUT2D eigenvalue weighted by Crippen LogP contribution is -2.39. The minimum absolute atomic E-state index is 0.588. The highest BCUT2D eigenvalue weighted by atomic mass is 32.2. The molecule has 6 rings (SSSR count). The predicted octanol–water partition coefficient (Wildman–Crippen LogP) is 6.94. The van der Waals surface area contributed by atoms with Crippen molar-refractivity contribution in [1.82, 2.24) is 15.4 Å². The number of aromatic nitrogens is 1. The van der Waals surface area contributed by atoms with E-state index in [1.54, 1.807) is 31.9 Å². The Labute approximate surface area is 204 Å². The number of nitrogens with one attached hydrogen (secondary N) is 2. The predicted molar refractivity (Wildman–Crippen MR) is 134 cm³/mol. The molecule has 1 aromatic rings. The Hall–Kier alpha value is -0.620. The summed E-state index contributed by atoms with van der Waals surface area (Å²) in [5.41, 5.74) is 5.01. The van der Waals surface area contributed by atoms with Gasteiger partial charge in [-0.3, -0.25) is 4.84 Å². The number of hydrogen-bond acceptors (Lipinski definition) is 5. The Morgan fingerprint density at radius 3 is 2.88 bits per heavy atom. The molecule has 8 atom stereocenters. The maximum Gasteiger partial charge on any atom is 0.112 e. The van der Waals surface area contributed by atoms with Gasteiger partial charge in [-0.15, -0.1) is 5.59 Å². The lowest BCUT2D eigenvalue weighted by Gasteiger charge is -2.46. The minimum atomic E-state index is 0.588. The minimum Gasteiger partial charge on any atom is -0.286 e. The van der Waals surface area contributed by atoms with Crippen LogP contribution in [0.4, 0.5) is 0 Å². The van der Waals surface area contributed by atoms with Gasteiger partial charge in [0.05, 0.1) is 6.61 Å². The fourth-order valence-electron chi connectivity index (χ4n) is 10.6. The molecule has 4 nitrogen and oxygen atoms in total. The van der Waals surface area contributed by atoms with Crippen molar-refractivity contribution in [2.75, 3.05) is 6.61 Å². The van der Waals surface area contributed by atoms with Crippen molar-refractivity contribution < 1.29 is 4.84 Å². The van der Waals surface area contributed by atoms with Crippen LogP contribution in [0.5, 0.6) is 0 Å². The molecule has 5 heteroatoms. The van der Waals surface area contributed by atoms with Crippen LogP contribution in [0, 0.1) is 45.8 Å². The molecule has 5 aliphatic rings. The summed E-state index contributed by atoms with van der Waals surface area (Å²) in [6.45, 7) is 5.97. The number of hydrazine groups is 1. The molecule has 0 amide bonds. The van der Waals surface area contributed by atoms with Gasteiger partial charge in [0.15, 0.2) is 0 Å². The molecular weight excluding hydrogens is 426 g/mol. The second-order valence-corrected chi connectivity index (χ2v) is 13.0. The summed E-state index contributed by atoms with van der Waals surface area (Å²) in [6, 6.07) is 5.91. The number of hydrogen-bond donors (Lipinski definition) is 2. The first-order valence-corrected chi connectivity index (χ1v) is 14.7. The number of rotatable bonds is 9. The summed E-state index contributed by atoms with van der Waals surface area (Å²) in [6.07, 6.45) is 19.5. The summed E-state index contributed by atoms with van der Waals surface area (Å²) >= 11 is 1.44. The van der Waals surface area contributed by atoms with E-state index in [1.807, 2.05) is 18.2 Å². The van der Waals surface area contributed by atoms with Gasteiger partial charge in [0.25, 0.3) is 0 Å². The first kappa shape index (κ1) is 22.8. The third-order valence-corrected chi connectivity index (χ3v) is 12.2. The van der Waals surface area contributed by atoms with Crippen LogP contribution < -0.4 is 10.4 Å². The van der Waals surface area contributed by atoms with E-state index >= 15 is 0 Å². The zero-order valence-electron chi connectivity index (χ0n) is 20.7. The topological polar surface area (TPSA) is 46.2 Å². The molecule has 2 spiro atoms. The van der Waals surface area contributed by atoms with Crippen LogP contribution in [-0.4, -0.2) is 11.6 Å². The average molecular weight is 470 g/mol. The number of fused-ring (bicyclic) bond motifs is 1. The van der Waals surface area contributed by atoms with Gasteiger partial charge in [0.1, 0.15) is 5.03 Å². The average Bonchev–Trinajstić information content (AvgIpc) is 3.08. The molecule has 182 valence electrons. The van der Waals surface area contributed by atoms with Crippen molar-refractivity contribution in [2.45, 2.75) is 95.9 Å². The molecule has 5 fully saturated rings. The zero-order valence-corrected chi connectivity index (χ0v) is 21.5. The smallest absolute Gasteiger partial charge is 0.112 e. The molecule has 7 unspecified atom stereocenters. The Balaban J connectivity index is 1.03. The fourth-order valence-corrected chi connectivity index (χ4v) is 11.1. The second-order valence-electron chi connectivity index (χ2n) is 12.2. The Morgan fingerprint density at radius 2 is 2.03 bits per heavy atom. The van der Waals surface area contributed by atoms with E-state index in [1.165, 1.54) is 56.9 Å². The Kier molecular flexibility index (Phi) is 6.08. The zero-order chi connectivity index (χ0) is 22.5. The van der Waals surface area contributed by atoms with E-state index in [0.717, 1.165) is 58.5 Å². The van der Waals surface area contributed by atoms with Crippen molar-refractivity contribution in [1.29, 1.82) is 0 Å². The van der Waals surface area contributed by atoms with E-state index in [9.17, 15) is 0 Å². The second kappa shape index (κ2) is 8.80. The molecule has 0 radical (unpaired) electrons. The molecule has 33 heavy (non-hydrogen) atoms. The van der Waals surface area contributed by atoms with Crippen LogP contribution in [-0.2, 0) is 4.84 Å². The van der Waals surface area contributed by atoms with Crippen LogP contribution in [0.3, 0.4) is 0 Å². The van der Waals surface area contributed by atoms with E-state index in [2.05, 4.69) is 29.3 Å². The van der Waals surface area contributed by atoms with E-state index in [0.29, 0.717) is 5.41 Å². The van der Waals surface area contributed by atoms with Gasteiger partial charge in [0, 0.05) is 6.20 Å². The van der Waals surface area contributed by atoms with Gasteiger partial charge < -0.3 is 0 Å². The van der Waals surface area contributed by atoms with Gasteiger partial charge in [-0.05, 0) is 128 Å². The van der Waals surface area contributed by atoms with Crippen LogP contribution in [0.25, 0.3) is 0 Å².